The van der Waals surface area contributed by atoms with E-state index in [0.29, 0.717) is 23.5 Å². The minimum absolute atomic E-state index is 0.249. The number of halogens is 1. The third-order valence-electron chi connectivity index (χ3n) is 4.70. The van der Waals surface area contributed by atoms with E-state index in [9.17, 15) is 9.18 Å². The normalized spacial score (nSPS) is 11.0. The van der Waals surface area contributed by atoms with Crippen LogP contribution in [0.1, 0.15) is 29.4 Å². The Bertz CT molecular complexity index is 1200. The van der Waals surface area contributed by atoms with E-state index in [0.717, 1.165) is 28.8 Å². The fourth-order valence-electron chi connectivity index (χ4n) is 3.22. The Kier molecular flexibility index (Phi) is 5.08. The van der Waals surface area contributed by atoms with Crippen LogP contribution in [-0.2, 0) is 4.74 Å². The van der Waals surface area contributed by atoms with Crippen molar-refractivity contribution in [2.75, 3.05) is 6.61 Å². The third-order valence-corrected chi connectivity index (χ3v) is 4.70. The molecule has 0 fully saturated rings. The second-order valence-corrected chi connectivity index (χ2v) is 6.79. The van der Waals surface area contributed by atoms with Gasteiger partial charge in [0, 0.05) is 29.1 Å². The minimum atomic E-state index is -0.405. The number of ether oxygens (including phenoxy) is 1. The Labute approximate surface area is 167 Å². The first-order valence-electron chi connectivity index (χ1n) is 9.44. The zero-order valence-corrected chi connectivity index (χ0v) is 16.2. The minimum Gasteiger partial charge on any atom is -0.461 e. The fourth-order valence-corrected chi connectivity index (χ4v) is 3.22. The number of pyridine rings is 2. The van der Waals surface area contributed by atoms with E-state index in [1.165, 1.54) is 12.3 Å². The summed E-state index contributed by atoms with van der Waals surface area (Å²) in [6.45, 7) is 4.04. The van der Waals surface area contributed by atoms with Gasteiger partial charge < -0.3 is 4.74 Å². The highest BCUT2D eigenvalue weighted by molar-refractivity contribution is 5.89. The maximum atomic E-state index is 13.7. The summed E-state index contributed by atoms with van der Waals surface area (Å²) in [4.78, 5) is 21.2. The number of carbonyl (C=O) groups is 1. The lowest BCUT2D eigenvalue weighted by Crippen LogP contribution is -2.08. The Morgan fingerprint density at radius 1 is 1.14 bits per heavy atom. The van der Waals surface area contributed by atoms with Gasteiger partial charge in [-0.15, -0.1) is 0 Å². The number of esters is 1. The van der Waals surface area contributed by atoms with Gasteiger partial charge in [0.2, 0.25) is 0 Å². The zero-order chi connectivity index (χ0) is 20.4. The van der Waals surface area contributed by atoms with E-state index < -0.39 is 5.97 Å². The lowest BCUT2D eigenvalue weighted by Gasteiger charge is -2.11. The lowest BCUT2D eigenvalue weighted by molar-refractivity contribution is 0.0497. The van der Waals surface area contributed by atoms with Crippen molar-refractivity contribution in [1.29, 1.82) is 0 Å². The highest BCUT2D eigenvalue weighted by Gasteiger charge is 2.16. The molecule has 0 aliphatic heterocycles. The Morgan fingerprint density at radius 3 is 2.76 bits per heavy atom. The van der Waals surface area contributed by atoms with Crippen LogP contribution < -0.4 is 0 Å². The fraction of sp³-hybridized carbons (Fsp3) is 0.174. The van der Waals surface area contributed by atoms with Crippen LogP contribution in [0.2, 0.25) is 0 Å². The molecule has 3 heterocycles. The quantitative estimate of drug-likeness (QED) is 0.447. The van der Waals surface area contributed by atoms with Gasteiger partial charge in [-0.25, -0.2) is 14.2 Å². The number of aryl methyl sites for hydroxylation is 1. The van der Waals surface area contributed by atoms with Crippen molar-refractivity contribution in [3.63, 3.8) is 0 Å². The van der Waals surface area contributed by atoms with Crippen LogP contribution in [-0.4, -0.2) is 26.9 Å². The molecule has 0 radical (unpaired) electrons. The summed E-state index contributed by atoms with van der Waals surface area (Å²) in [5, 5.41) is 0. The van der Waals surface area contributed by atoms with Crippen LogP contribution in [0.15, 0.2) is 61.1 Å². The van der Waals surface area contributed by atoms with Crippen molar-refractivity contribution in [3.05, 3.63) is 78.1 Å². The number of benzene rings is 1. The van der Waals surface area contributed by atoms with Gasteiger partial charge in [-0.2, -0.15) is 0 Å². The van der Waals surface area contributed by atoms with Crippen LogP contribution in [0.5, 0.6) is 0 Å². The van der Waals surface area contributed by atoms with Gasteiger partial charge in [-0.05, 0) is 55.3 Å². The summed E-state index contributed by atoms with van der Waals surface area (Å²) in [6.07, 6.45) is 5.83. The molecule has 0 saturated carbocycles. The van der Waals surface area contributed by atoms with E-state index in [-0.39, 0.29) is 5.82 Å². The molecule has 1 aromatic carbocycles. The molecule has 4 rings (SSSR count). The van der Waals surface area contributed by atoms with Crippen LogP contribution in [0, 0.1) is 12.7 Å². The van der Waals surface area contributed by atoms with Crippen LogP contribution in [0.4, 0.5) is 4.39 Å². The molecule has 6 heteroatoms. The molecule has 3 aromatic heterocycles. The maximum absolute atomic E-state index is 13.7. The van der Waals surface area contributed by atoms with Gasteiger partial charge in [0.15, 0.2) is 5.69 Å². The van der Waals surface area contributed by atoms with Crippen molar-refractivity contribution in [2.24, 2.45) is 0 Å². The number of imidazole rings is 1. The highest BCUT2D eigenvalue weighted by atomic mass is 19.1. The van der Waals surface area contributed by atoms with E-state index in [4.69, 9.17) is 4.74 Å². The topological polar surface area (TPSA) is 56.5 Å². The molecular weight excluding hydrogens is 369 g/mol. The molecule has 0 N–H and O–H groups in total. The number of aromatic nitrogens is 3. The average molecular weight is 389 g/mol. The highest BCUT2D eigenvalue weighted by Crippen LogP contribution is 2.31. The van der Waals surface area contributed by atoms with E-state index in [1.807, 2.05) is 37.4 Å². The molecule has 0 amide bonds. The standard InChI is InChI=1S/C23H20FN3O2/c1-3-11-29-23(28)20-13-26-21-9-7-17(14-27(20)21)18-5-4-10-25-22(18)16-6-8-19(24)15(2)12-16/h4-10,12-14H,3,11H2,1-2H3. The number of nitrogens with zero attached hydrogens (tertiary/aromatic N) is 3. The second-order valence-electron chi connectivity index (χ2n) is 6.79. The van der Waals surface area contributed by atoms with Crippen molar-refractivity contribution in [2.45, 2.75) is 20.3 Å². The monoisotopic (exact) mass is 389 g/mol. The summed E-state index contributed by atoms with van der Waals surface area (Å²) in [6, 6.07) is 12.5. The largest absolute Gasteiger partial charge is 0.461 e. The average Bonchev–Trinajstić information content (AvgIpc) is 3.17. The predicted octanol–water partition coefficient (Wildman–Crippen LogP) is 5.08. The number of hydrogen-bond donors (Lipinski definition) is 0. The molecule has 0 aliphatic rings. The molecule has 0 aliphatic carbocycles. The Hall–Kier alpha value is -3.54. The number of carbonyl (C=O) groups excluding carboxylic acids is 1. The van der Waals surface area contributed by atoms with E-state index in [1.54, 1.807) is 29.7 Å². The van der Waals surface area contributed by atoms with E-state index >= 15 is 0 Å². The summed E-state index contributed by atoms with van der Waals surface area (Å²) in [5.41, 5.74) is 4.90. The molecule has 4 aromatic rings. The lowest BCUT2D eigenvalue weighted by atomic mass is 9.99. The molecule has 0 spiro atoms. The van der Waals surface area contributed by atoms with Crippen molar-refractivity contribution in [1.82, 2.24) is 14.4 Å². The molecule has 0 unspecified atom stereocenters. The van der Waals surface area contributed by atoms with Crippen LogP contribution >= 0.6 is 0 Å². The number of hydrogen-bond acceptors (Lipinski definition) is 4. The SMILES string of the molecule is CCCOC(=O)c1cnc2ccc(-c3cccnc3-c3ccc(F)c(C)c3)cn12. The summed E-state index contributed by atoms with van der Waals surface area (Å²) >= 11 is 0. The Balaban J connectivity index is 1.81. The van der Waals surface area contributed by atoms with Gasteiger partial charge in [0.05, 0.1) is 18.5 Å². The Morgan fingerprint density at radius 2 is 1.97 bits per heavy atom. The molecule has 146 valence electrons. The van der Waals surface area contributed by atoms with Gasteiger partial charge in [-0.1, -0.05) is 13.0 Å². The van der Waals surface area contributed by atoms with E-state index in [2.05, 4.69) is 9.97 Å². The van der Waals surface area contributed by atoms with Crippen molar-refractivity contribution < 1.29 is 13.9 Å². The molecular formula is C23H20FN3O2. The first-order chi connectivity index (χ1) is 14.1. The third kappa shape index (κ3) is 3.61. The zero-order valence-electron chi connectivity index (χ0n) is 16.2. The van der Waals surface area contributed by atoms with Gasteiger partial charge in [0.1, 0.15) is 11.5 Å². The smallest absolute Gasteiger partial charge is 0.356 e. The van der Waals surface area contributed by atoms with Gasteiger partial charge in [-0.3, -0.25) is 9.38 Å². The molecule has 29 heavy (non-hydrogen) atoms. The first-order valence-corrected chi connectivity index (χ1v) is 9.44. The van der Waals surface area contributed by atoms with Gasteiger partial charge >= 0.3 is 5.97 Å². The van der Waals surface area contributed by atoms with Crippen molar-refractivity contribution in [3.8, 4) is 22.4 Å². The maximum Gasteiger partial charge on any atom is 0.356 e. The molecule has 5 nitrogen and oxygen atoms in total. The summed E-state index contributed by atoms with van der Waals surface area (Å²) < 4.78 is 20.7. The van der Waals surface area contributed by atoms with Crippen LogP contribution in [0.3, 0.4) is 0 Å². The van der Waals surface area contributed by atoms with Crippen LogP contribution in [0.25, 0.3) is 28.0 Å². The predicted molar refractivity (Wildman–Crippen MR) is 109 cm³/mol. The molecule has 0 bridgehead atoms. The molecule has 0 saturated heterocycles. The van der Waals surface area contributed by atoms with Crippen molar-refractivity contribution >= 4 is 11.6 Å². The summed E-state index contributed by atoms with van der Waals surface area (Å²) in [5.74, 6) is -0.654. The van der Waals surface area contributed by atoms with Gasteiger partial charge in [0.25, 0.3) is 0 Å². The first kappa shape index (κ1) is 18.8. The number of rotatable bonds is 5. The number of fused-ring (bicyclic) bond motifs is 1. The molecule has 0 atom stereocenters. The second kappa shape index (κ2) is 7.83. The summed E-state index contributed by atoms with van der Waals surface area (Å²) in [7, 11) is 0.